The van der Waals surface area contributed by atoms with E-state index in [2.05, 4.69) is 0 Å². The van der Waals surface area contributed by atoms with Gasteiger partial charge in [-0.1, -0.05) is 0 Å². The first-order chi connectivity index (χ1) is 0. The average molecular weight is 304 g/mol. The maximum Gasteiger partial charge on any atom is 0 e. The van der Waals surface area contributed by atoms with Crippen molar-refractivity contribution in [3.05, 3.63) is 0 Å². The van der Waals surface area contributed by atoms with Crippen LogP contribution in [0.3, 0.4) is 0 Å². The first kappa shape index (κ1) is 133. The van der Waals surface area contributed by atoms with E-state index in [0.717, 1.165) is 0 Å². The molecule has 0 aliphatic heterocycles. The molecule has 0 radical (unpaired) electrons. The second-order valence-electron chi connectivity index (χ2n) is 0. The van der Waals surface area contributed by atoms with Crippen molar-refractivity contribution in [1.29, 1.82) is 0 Å². The van der Waals surface area contributed by atoms with Crippen LogP contribution < -0.4 is 0 Å². The molecular formula is H9CeCl3O3. The van der Waals surface area contributed by atoms with Crippen molar-refractivity contribution in [1.82, 2.24) is 0 Å². The SMILES string of the molecule is Cl.Cl.Cl.O.O.O.[Ce]. The fraction of sp³-hybridized carbons (Fsp3) is 0. The van der Waals surface area contributed by atoms with Crippen LogP contribution in [0, 0.1) is 41.7 Å². The van der Waals surface area contributed by atoms with Crippen molar-refractivity contribution in [2.24, 2.45) is 0 Å². The van der Waals surface area contributed by atoms with Crippen molar-refractivity contribution in [2.45, 2.75) is 0 Å². The Labute approximate surface area is 94.2 Å². The van der Waals surface area contributed by atoms with Crippen LogP contribution >= 0.6 is 37.2 Å². The summed E-state index contributed by atoms with van der Waals surface area (Å²) >= 11 is 0. The smallest absolute Gasteiger partial charge is 0 e. The number of hydrogen-bond acceptors (Lipinski definition) is 0. The van der Waals surface area contributed by atoms with Crippen LogP contribution in [0.1, 0.15) is 0 Å². The van der Waals surface area contributed by atoms with E-state index in [1.54, 1.807) is 0 Å². The minimum absolute atomic E-state index is 0. The monoisotopic (exact) mass is 302 g/mol. The molecular weight excluding hydrogens is 294 g/mol. The summed E-state index contributed by atoms with van der Waals surface area (Å²) in [6, 6.07) is 0. The van der Waals surface area contributed by atoms with Gasteiger partial charge in [0.25, 0.3) is 0 Å². The Bertz CT molecular complexity index is 10.1. The van der Waals surface area contributed by atoms with Gasteiger partial charge in [-0.3, -0.25) is 0 Å². The van der Waals surface area contributed by atoms with Gasteiger partial charge in [0.1, 0.15) is 0 Å². The van der Waals surface area contributed by atoms with E-state index in [4.69, 9.17) is 0 Å². The molecule has 0 saturated carbocycles. The number of hydrogen-bond donors (Lipinski definition) is 0. The molecule has 0 amide bonds. The third-order valence-corrected chi connectivity index (χ3v) is 0. The van der Waals surface area contributed by atoms with E-state index in [0.29, 0.717) is 0 Å². The van der Waals surface area contributed by atoms with Crippen LogP contribution in [-0.4, -0.2) is 16.4 Å². The second kappa shape index (κ2) is 91.3. The first-order valence-electron chi connectivity index (χ1n) is 0. The van der Waals surface area contributed by atoms with Gasteiger partial charge in [-0.2, -0.15) is 0 Å². The molecule has 0 fully saturated rings. The molecule has 0 aromatic rings. The van der Waals surface area contributed by atoms with E-state index in [-0.39, 0.29) is 95.4 Å². The molecule has 0 spiro atoms. The van der Waals surface area contributed by atoms with Crippen LogP contribution in [0.2, 0.25) is 0 Å². The molecule has 3 nitrogen and oxygen atoms in total. The van der Waals surface area contributed by atoms with Gasteiger partial charge in [0.2, 0.25) is 0 Å². The molecule has 0 aromatic carbocycles. The minimum Gasteiger partial charge on any atom is -0.412 e. The molecule has 0 aliphatic carbocycles. The van der Waals surface area contributed by atoms with Crippen LogP contribution in [-0.2, 0) is 0 Å². The maximum absolute atomic E-state index is 0. The summed E-state index contributed by atoms with van der Waals surface area (Å²) < 4.78 is 0. The third kappa shape index (κ3) is 67.4. The average Bonchev–Trinajstić information content (AvgIpc) is 0. The van der Waals surface area contributed by atoms with Crippen molar-refractivity contribution in [3.63, 3.8) is 0 Å². The number of rotatable bonds is 0. The van der Waals surface area contributed by atoms with E-state index in [1.165, 1.54) is 0 Å². The van der Waals surface area contributed by atoms with Gasteiger partial charge in [-0.05, 0) is 0 Å². The van der Waals surface area contributed by atoms with Crippen molar-refractivity contribution in [2.75, 3.05) is 0 Å². The van der Waals surface area contributed by atoms with Crippen molar-refractivity contribution >= 4 is 37.2 Å². The van der Waals surface area contributed by atoms with E-state index in [1.807, 2.05) is 0 Å². The van der Waals surface area contributed by atoms with Crippen LogP contribution in [0.4, 0.5) is 0 Å². The molecule has 52 valence electrons. The van der Waals surface area contributed by atoms with Crippen molar-refractivity contribution in [3.8, 4) is 0 Å². The topological polar surface area (TPSA) is 94.5 Å². The summed E-state index contributed by atoms with van der Waals surface area (Å²) in [7, 11) is 0. The fourth-order valence-corrected chi connectivity index (χ4v) is 0. The predicted octanol–water partition coefficient (Wildman–Crippen LogP) is -1.21. The van der Waals surface area contributed by atoms with E-state index >= 15 is 0 Å². The zero-order chi connectivity index (χ0) is 0. The molecule has 0 unspecified atom stereocenters. The van der Waals surface area contributed by atoms with Gasteiger partial charge >= 0.3 is 0 Å². The molecule has 0 heterocycles. The third-order valence-electron chi connectivity index (χ3n) is 0. The molecule has 7 heteroatoms. The Balaban J connectivity index is 0. The molecule has 0 aliphatic rings. The molecule has 7 heavy (non-hydrogen) atoms. The summed E-state index contributed by atoms with van der Waals surface area (Å²) in [5.41, 5.74) is 0. The summed E-state index contributed by atoms with van der Waals surface area (Å²) in [4.78, 5) is 0. The molecule has 0 bridgehead atoms. The summed E-state index contributed by atoms with van der Waals surface area (Å²) in [6.07, 6.45) is 0. The zero-order valence-electron chi connectivity index (χ0n) is 3.22. The van der Waals surface area contributed by atoms with Gasteiger partial charge in [-0.25, -0.2) is 0 Å². The predicted molar refractivity (Wildman–Crippen MR) is 32.6 cm³/mol. The number of halogens is 3. The Morgan fingerprint density at radius 2 is 0.429 bits per heavy atom. The quantitative estimate of drug-likeness (QED) is 0.537. The van der Waals surface area contributed by atoms with E-state index < -0.39 is 0 Å². The molecule has 0 atom stereocenters. The molecule has 0 aromatic heterocycles. The van der Waals surface area contributed by atoms with Gasteiger partial charge in [0, 0.05) is 41.7 Å². The Morgan fingerprint density at radius 1 is 0.429 bits per heavy atom. The van der Waals surface area contributed by atoms with Crippen LogP contribution in [0.15, 0.2) is 0 Å². The largest absolute Gasteiger partial charge is 0.412 e. The Morgan fingerprint density at radius 3 is 0.429 bits per heavy atom. The normalized spacial score (nSPS) is 0. The standard InChI is InChI=1S/Ce.3ClH.3H2O/h;3*1H;3*1H2. The first-order valence-corrected chi connectivity index (χ1v) is 0. The van der Waals surface area contributed by atoms with Crippen LogP contribution in [0.5, 0.6) is 0 Å². The summed E-state index contributed by atoms with van der Waals surface area (Å²) in [5.74, 6) is 0. The second-order valence-corrected chi connectivity index (χ2v) is 0. The van der Waals surface area contributed by atoms with Gasteiger partial charge in [0.15, 0.2) is 0 Å². The van der Waals surface area contributed by atoms with Crippen LogP contribution in [0.25, 0.3) is 0 Å². The Hall–Kier alpha value is 2.13. The Kier molecular flexibility index (Phi) is 1740. The fourth-order valence-electron chi connectivity index (χ4n) is 0. The van der Waals surface area contributed by atoms with Gasteiger partial charge in [0.05, 0.1) is 0 Å². The molecule has 0 rings (SSSR count). The van der Waals surface area contributed by atoms with Crippen molar-refractivity contribution < 1.29 is 58.2 Å². The zero-order valence-corrected chi connectivity index (χ0v) is 8.81. The maximum atomic E-state index is 0. The minimum atomic E-state index is 0. The van der Waals surface area contributed by atoms with Gasteiger partial charge < -0.3 is 16.4 Å². The molecule has 6 N–H and O–H groups in total. The summed E-state index contributed by atoms with van der Waals surface area (Å²) in [6.45, 7) is 0. The van der Waals surface area contributed by atoms with Gasteiger partial charge in [-0.15, -0.1) is 37.2 Å². The van der Waals surface area contributed by atoms with E-state index in [9.17, 15) is 0 Å². The summed E-state index contributed by atoms with van der Waals surface area (Å²) in [5, 5.41) is 0. The molecule has 0 saturated heterocycles.